The second-order valence-corrected chi connectivity index (χ2v) is 0. The molecule has 0 N–H and O–H groups in total. The predicted octanol–water partition coefficient (Wildman–Crippen LogP) is 0.475. The van der Waals surface area contributed by atoms with Gasteiger partial charge in [-0.05, 0) is 0 Å². The van der Waals surface area contributed by atoms with E-state index in [0.29, 0.717) is 0 Å². The van der Waals surface area contributed by atoms with Crippen LogP contribution in [0.15, 0.2) is 0 Å². The van der Waals surface area contributed by atoms with Crippen LogP contribution in [0.2, 0.25) is 0 Å². The van der Waals surface area contributed by atoms with Crippen LogP contribution in [-0.2, 0) is 34.1 Å². The fourth-order valence-electron chi connectivity index (χ4n) is 0. The van der Waals surface area contributed by atoms with E-state index in [1.54, 1.807) is 0 Å². The summed E-state index contributed by atoms with van der Waals surface area (Å²) in [6.07, 6.45) is 0. The summed E-state index contributed by atoms with van der Waals surface area (Å²) >= 11 is 0. The van der Waals surface area contributed by atoms with Gasteiger partial charge in [-0.25, -0.2) is 0 Å². The fourth-order valence-corrected chi connectivity index (χ4v) is 0. The van der Waals surface area contributed by atoms with Crippen molar-refractivity contribution in [1.29, 1.82) is 0 Å². The van der Waals surface area contributed by atoms with E-state index in [-0.39, 0.29) is 55.0 Å². The first-order chi connectivity index (χ1) is 0. The summed E-state index contributed by atoms with van der Waals surface area (Å²) in [6, 6.07) is 0. The van der Waals surface area contributed by atoms with E-state index >= 15 is 0 Å². The maximum atomic E-state index is 0. The zero-order valence-electron chi connectivity index (χ0n) is 1.68. The largest absolute Gasteiger partial charge is 0 e. The quantitative estimate of drug-likeness (QED) is 0.366. The molecule has 0 aromatic heterocycles. The monoisotopic (exact) mass is 170 g/mol. The van der Waals surface area contributed by atoms with Crippen LogP contribution in [-0.4, -0.2) is 11.0 Å². The molecule has 0 bridgehead atoms. The van der Waals surface area contributed by atoms with Gasteiger partial charge in [0.1, 0.15) is 0 Å². The van der Waals surface area contributed by atoms with Gasteiger partial charge in [0.05, 0.1) is 0 Å². The molecule has 24 valence electrons. The first kappa shape index (κ1) is 43.9. The maximum absolute atomic E-state index is 0. The standard InChI is InChI=1S/Fe.Mn.P.Si. The molecule has 0 aromatic rings. The summed E-state index contributed by atoms with van der Waals surface area (Å²) < 4.78 is 0. The Morgan fingerprint density at radius 1 is 1.00 bits per heavy atom. The molecule has 0 fully saturated rings. The van der Waals surface area contributed by atoms with Crippen molar-refractivity contribution in [2.75, 3.05) is 0 Å². The Bertz CT molecular complexity index is 8.00. The van der Waals surface area contributed by atoms with Crippen LogP contribution >= 0.6 is 9.90 Å². The van der Waals surface area contributed by atoms with Crippen molar-refractivity contribution >= 4 is 20.9 Å². The van der Waals surface area contributed by atoms with Gasteiger partial charge in [-0.2, -0.15) is 0 Å². The average molecular weight is 170 g/mol. The first-order valence-corrected chi connectivity index (χ1v) is 0. The topological polar surface area (TPSA) is 0 Å². The summed E-state index contributed by atoms with van der Waals surface area (Å²) in [7, 11) is 0. The van der Waals surface area contributed by atoms with Gasteiger partial charge in [-0.3, -0.25) is 0 Å². The van der Waals surface area contributed by atoms with Crippen LogP contribution in [0.1, 0.15) is 0 Å². The van der Waals surface area contributed by atoms with E-state index in [4.69, 9.17) is 0 Å². The Morgan fingerprint density at radius 2 is 1.00 bits per heavy atom. The van der Waals surface area contributed by atoms with Gasteiger partial charge in [0.15, 0.2) is 0 Å². The van der Waals surface area contributed by atoms with Crippen molar-refractivity contribution in [2.45, 2.75) is 0 Å². The molecule has 0 aliphatic carbocycles. The summed E-state index contributed by atoms with van der Waals surface area (Å²) in [4.78, 5) is 0. The van der Waals surface area contributed by atoms with Gasteiger partial charge in [0.25, 0.3) is 0 Å². The third-order valence-corrected chi connectivity index (χ3v) is 0. The second kappa shape index (κ2) is 22.4. The summed E-state index contributed by atoms with van der Waals surface area (Å²) in [5.74, 6) is 0. The Kier molecular flexibility index (Phi) is 246. The van der Waals surface area contributed by atoms with Crippen molar-refractivity contribution < 1.29 is 34.1 Å². The van der Waals surface area contributed by atoms with Crippen molar-refractivity contribution in [3.63, 3.8) is 0 Å². The SMILES string of the molecule is [Fe].[Mn].[P].[Si]. The molecule has 0 amide bonds. The molecule has 0 saturated carbocycles. The molecule has 0 atom stereocenters. The van der Waals surface area contributed by atoms with Gasteiger partial charge in [0.2, 0.25) is 0 Å². The molecule has 8 radical (unpaired) electrons. The first-order valence-electron chi connectivity index (χ1n) is 0. The zero-order valence-corrected chi connectivity index (χ0v) is 5.86. The minimum atomic E-state index is 0. The van der Waals surface area contributed by atoms with Gasteiger partial charge in [-0.15, -0.1) is 0 Å². The van der Waals surface area contributed by atoms with Crippen LogP contribution in [0, 0.1) is 0 Å². The van der Waals surface area contributed by atoms with Gasteiger partial charge in [0, 0.05) is 55.0 Å². The predicted molar refractivity (Wildman–Crippen MR) is 12.7 cm³/mol. The van der Waals surface area contributed by atoms with Crippen molar-refractivity contribution in [3.05, 3.63) is 0 Å². The third-order valence-electron chi connectivity index (χ3n) is 0. The molecule has 0 nitrogen and oxygen atoms in total. The molecule has 0 spiro atoms. The van der Waals surface area contributed by atoms with Crippen LogP contribution in [0.25, 0.3) is 0 Å². The summed E-state index contributed by atoms with van der Waals surface area (Å²) in [6.45, 7) is 0. The minimum absolute atomic E-state index is 0. The van der Waals surface area contributed by atoms with Crippen LogP contribution < -0.4 is 0 Å². The van der Waals surface area contributed by atoms with Crippen LogP contribution in [0.4, 0.5) is 0 Å². The van der Waals surface area contributed by atoms with Crippen molar-refractivity contribution in [2.24, 2.45) is 0 Å². The average Bonchev–Trinajstić information content (AvgIpc) is 0. The van der Waals surface area contributed by atoms with Crippen LogP contribution in [0.5, 0.6) is 0 Å². The molecular weight excluding hydrogens is 170 g/mol. The van der Waals surface area contributed by atoms with E-state index in [1.165, 1.54) is 0 Å². The van der Waals surface area contributed by atoms with Crippen molar-refractivity contribution in [1.82, 2.24) is 0 Å². The molecule has 0 aliphatic rings. The van der Waals surface area contributed by atoms with Crippen LogP contribution in [0.3, 0.4) is 0 Å². The van der Waals surface area contributed by atoms with E-state index in [9.17, 15) is 0 Å². The molecule has 0 saturated heterocycles. The van der Waals surface area contributed by atoms with E-state index < -0.39 is 0 Å². The van der Waals surface area contributed by atoms with Crippen molar-refractivity contribution in [3.8, 4) is 0 Å². The van der Waals surface area contributed by atoms with E-state index in [2.05, 4.69) is 0 Å². The zero-order chi connectivity index (χ0) is 0. The summed E-state index contributed by atoms with van der Waals surface area (Å²) in [5.41, 5.74) is 0. The Balaban J connectivity index is 0. The number of hydrogen-bond donors (Lipinski definition) is 0. The summed E-state index contributed by atoms with van der Waals surface area (Å²) in [5, 5.41) is 0. The molecule has 4 heteroatoms. The molecular formula is FeMnPSi. The molecule has 0 heterocycles. The smallest absolute Gasteiger partial charge is 0 e. The molecule has 0 unspecified atom stereocenters. The maximum Gasteiger partial charge on any atom is 0 e. The molecule has 0 aromatic carbocycles. The molecule has 0 rings (SSSR count). The normalized spacial score (nSPS) is 0. The fraction of sp³-hybridized carbons (Fsp3) is 0. The van der Waals surface area contributed by atoms with Gasteiger partial charge < -0.3 is 0 Å². The number of hydrogen-bond acceptors (Lipinski definition) is 0. The Morgan fingerprint density at radius 3 is 1.00 bits per heavy atom. The second-order valence-electron chi connectivity index (χ2n) is 0. The Labute approximate surface area is 55.1 Å². The Hall–Kier alpha value is 1.69. The van der Waals surface area contributed by atoms with Gasteiger partial charge in [-0.1, -0.05) is 0 Å². The third kappa shape index (κ3) is 9.36. The molecule has 4 heavy (non-hydrogen) atoms. The molecule has 0 aliphatic heterocycles. The van der Waals surface area contributed by atoms with Gasteiger partial charge >= 0.3 is 0 Å². The minimum Gasteiger partial charge on any atom is 0 e. The number of rotatable bonds is 0. The van der Waals surface area contributed by atoms with E-state index in [0.717, 1.165) is 0 Å². The van der Waals surface area contributed by atoms with E-state index in [1.807, 2.05) is 0 Å².